The lowest BCUT2D eigenvalue weighted by Gasteiger charge is -2.24. The molecule has 0 aliphatic carbocycles. The van der Waals surface area contributed by atoms with Crippen molar-refractivity contribution < 1.29 is 9.59 Å². The van der Waals surface area contributed by atoms with E-state index in [1.165, 1.54) is 0 Å². The summed E-state index contributed by atoms with van der Waals surface area (Å²) in [5.74, 6) is 0.617. The van der Waals surface area contributed by atoms with Crippen LogP contribution in [0.3, 0.4) is 0 Å². The number of nitrogens with one attached hydrogen (secondary N) is 2. The van der Waals surface area contributed by atoms with Gasteiger partial charge < -0.3 is 10.6 Å². The molecule has 2 heterocycles. The van der Waals surface area contributed by atoms with Crippen LogP contribution in [0.15, 0.2) is 54.6 Å². The molecule has 0 saturated heterocycles. The van der Waals surface area contributed by atoms with Gasteiger partial charge in [0.25, 0.3) is 0 Å². The van der Waals surface area contributed by atoms with Crippen LogP contribution in [-0.4, -0.2) is 21.6 Å². The third kappa shape index (κ3) is 3.51. The number of aryl methyl sites for hydroxylation is 1. The van der Waals surface area contributed by atoms with E-state index in [1.54, 1.807) is 17.8 Å². The second kappa shape index (κ2) is 7.48. The van der Waals surface area contributed by atoms with Crippen LogP contribution in [0.5, 0.6) is 0 Å². The number of amides is 2. The molecule has 4 rings (SSSR count). The van der Waals surface area contributed by atoms with Crippen LogP contribution in [0.1, 0.15) is 29.0 Å². The van der Waals surface area contributed by atoms with Gasteiger partial charge in [0.15, 0.2) is 5.82 Å². The number of anilines is 2. The lowest BCUT2D eigenvalue weighted by Crippen LogP contribution is -2.25. The molecule has 0 radical (unpaired) electrons. The van der Waals surface area contributed by atoms with E-state index in [2.05, 4.69) is 15.7 Å². The normalized spacial score (nSPS) is 15.6. The Balaban J connectivity index is 1.66. The molecule has 0 unspecified atom stereocenters. The number of benzene rings is 2. The van der Waals surface area contributed by atoms with E-state index in [4.69, 9.17) is 11.6 Å². The van der Waals surface area contributed by atoms with Gasteiger partial charge in [0, 0.05) is 30.0 Å². The first-order valence-electron chi connectivity index (χ1n) is 8.98. The summed E-state index contributed by atoms with van der Waals surface area (Å²) in [7, 11) is 1.75. The number of aromatic nitrogens is 2. The Morgan fingerprint density at radius 1 is 1.21 bits per heavy atom. The quantitative estimate of drug-likeness (QED) is 0.708. The zero-order valence-electron chi connectivity index (χ0n) is 15.3. The largest absolute Gasteiger partial charge is 0.311 e. The van der Waals surface area contributed by atoms with Crippen molar-refractivity contribution in [2.75, 3.05) is 10.6 Å². The van der Waals surface area contributed by atoms with Crippen molar-refractivity contribution in [3.8, 4) is 0 Å². The third-order valence-corrected chi connectivity index (χ3v) is 5.22. The van der Waals surface area contributed by atoms with E-state index in [-0.39, 0.29) is 24.2 Å². The minimum Gasteiger partial charge on any atom is -0.311 e. The van der Waals surface area contributed by atoms with E-state index in [0.717, 1.165) is 16.7 Å². The zero-order valence-corrected chi connectivity index (χ0v) is 16.0. The van der Waals surface area contributed by atoms with Crippen molar-refractivity contribution in [2.24, 2.45) is 7.05 Å². The van der Waals surface area contributed by atoms with Crippen LogP contribution in [0.2, 0.25) is 5.02 Å². The molecule has 0 spiro atoms. The number of rotatable bonds is 4. The molecule has 0 bridgehead atoms. The minimum atomic E-state index is -0.210. The van der Waals surface area contributed by atoms with Crippen LogP contribution in [0, 0.1) is 0 Å². The fourth-order valence-electron chi connectivity index (χ4n) is 3.54. The first kappa shape index (κ1) is 18.3. The predicted octanol–water partition coefficient (Wildman–Crippen LogP) is 3.73. The number of nitrogens with zero attached hydrogens (tertiary/aromatic N) is 2. The van der Waals surface area contributed by atoms with Gasteiger partial charge in [-0.25, -0.2) is 0 Å². The molecule has 142 valence electrons. The molecule has 1 atom stereocenters. The molecule has 1 aliphatic rings. The topological polar surface area (TPSA) is 76.0 Å². The summed E-state index contributed by atoms with van der Waals surface area (Å²) in [5, 5.41) is 10.8. The first-order chi connectivity index (χ1) is 13.5. The summed E-state index contributed by atoms with van der Waals surface area (Å²) in [4.78, 5) is 24.8. The Morgan fingerprint density at radius 3 is 2.68 bits per heavy atom. The molecule has 28 heavy (non-hydrogen) atoms. The van der Waals surface area contributed by atoms with Gasteiger partial charge in [-0.15, -0.1) is 0 Å². The maximum Gasteiger partial charge on any atom is 0.230 e. The predicted molar refractivity (Wildman–Crippen MR) is 109 cm³/mol. The second-order valence-corrected chi connectivity index (χ2v) is 7.17. The smallest absolute Gasteiger partial charge is 0.230 e. The fourth-order valence-corrected chi connectivity index (χ4v) is 3.74. The average Bonchev–Trinajstić information content (AvgIpc) is 2.99. The summed E-state index contributed by atoms with van der Waals surface area (Å²) in [6, 6.07) is 17.0. The second-order valence-electron chi connectivity index (χ2n) is 6.77. The summed E-state index contributed by atoms with van der Waals surface area (Å²) in [6.45, 7) is 0. The number of fused-ring (bicyclic) bond motifs is 1. The molecule has 1 aromatic heterocycles. The van der Waals surface area contributed by atoms with E-state index >= 15 is 0 Å². The van der Waals surface area contributed by atoms with Gasteiger partial charge in [-0.2, -0.15) is 5.10 Å². The van der Waals surface area contributed by atoms with E-state index in [9.17, 15) is 9.59 Å². The molecule has 6 nitrogen and oxygen atoms in total. The molecule has 0 saturated carbocycles. The van der Waals surface area contributed by atoms with Crippen molar-refractivity contribution in [1.29, 1.82) is 0 Å². The van der Waals surface area contributed by atoms with Gasteiger partial charge in [-0.3, -0.25) is 14.3 Å². The Labute approximate surface area is 167 Å². The van der Waals surface area contributed by atoms with Gasteiger partial charge in [0.1, 0.15) is 5.82 Å². The van der Waals surface area contributed by atoms with Gasteiger partial charge in [-0.1, -0.05) is 60.1 Å². The fraction of sp³-hybridized carbons (Fsp3) is 0.190. The summed E-state index contributed by atoms with van der Waals surface area (Å²) in [6.07, 6.45) is 0.448. The van der Waals surface area contributed by atoms with Gasteiger partial charge in [-0.05, 0) is 17.2 Å². The van der Waals surface area contributed by atoms with Crippen LogP contribution < -0.4 is 10.6 Å². The van der Waals surface area contributed by atoms with Gasteiger partial charge in [0.05, 0.1) is 6.42 Å². The molecular formula is C21H19ClN4O2. The highest BCUT2D eigenvalue weighted by molar-refractivity contribution is 6.31. The maximum atomic E-state index is 12.6. The zero-order chi connectivity index (χ0) is 19.7. The highest BCUT2D eigenvalue weighted by Crippen LogP contribution is 2.41. The average molecular weight is 395 g/mol. The Kier molecular flexibility index (Phi) is 4.88. The molecule has 3 aromatic rings. The maximum absolute atomic E-state index is 12.6. The number of carbonyl (C=O) groups is 2. The number of hydrogen-bond acceptors (Lipinski definition) is 3. The molecule has 2 aromatic carbocycles. The highest BCUT2D eigenvalue weighted by atomic mass is 35.5. The van der Waals surface area contributed by atoms with Crippen LogP contribution in [0.25, 0.3) is 0 Å². The SMILES string of the molecule is Cn1nc(NC(=O)Cc2ccccc2Cl)c2c1NC(=O)C[C@H]2c1ccccc1. The standard InChI is InChI=1S/C21H19ClN4O2/c1-26-21-19(15(12-18(28)24-21)13-7-3-2-4-8-13)20(25-26)23-17(27)11-14-9-5-6-10-16(14)22/h2-10,15H,11-12H2,1H3,(H,24,28)(H,23,25,27)/t15-/m0/s1. The van der Waals surface area contributed by atoms with Crippen molar-refractivity contribution in [1.82, 2.24) is 9.78 Å². The lowest BCUT2D eigenvalue weighted by atomic mass is 9.86. The van der Waals surface area contributed by atoms with Crippen LogP contribution in [0.4, 0.5) is 11.6 Å². The lowest BCUT2D eigenvalue weighted by molar-refractivity contribution is -0.117. The van der Waals surface area contributed by atoms with Crippen molar-refractivity contribution >= 4 is 35.1 Å². The Bertz CT molecular complexity index is 1050. The molecule has 2 amide bonds. The van der Waals surface area contributed by atoms with Crippen LogP contribution in [-0.2, 0) is 23.1 Å². The molecule has 0 fully saturated rings. The highest BCUT2D eigenvalue weighted by Gasteiger charge is 2.33. The van der Waals surface area contributed by atoms with E-state index < -0.39 is 0 Å². The molecule has 1 aliphatic heterocycles. The molecular weight excluding hydrogens is 376 g/mol. The minimum absolute atomic E-state index is 0.0710. The Morgan fingerprint density at radius 2 is 1.93 bits per heavy atom. The van der Waals surface area contributed by atoms with Crippen LogP contribution >= 0.6 is 11.6 Å². The summed E-state index contributed by atoms with van der Waals surface area (Å²) < 4.78 is 1.59. The van der Waals surface area contributed by atoms with Gasteiger partial charge >= 0.3 is 0 Å². The molecule has 2 N–H and O–H groups in total. The Hall–Kier alpha value is -3.12. The number of hydrogen-bond donors (Lipinski definition) is 2. The number of halogens is 1. The van der Waals surface area contributed by atoms with Gasteiger partial charge in [0.2, 0.25) is 11.8 Å². The third-order valence-electron chi connectivity index (χ3n) is 4.85. The monoisotopic (exact) mass is 394 g/mol. The number of carbonyl (C=O) groups excluding carboxylic acids is 2. The van der Waals surface area contributed by atoms with E-state index in [0.29, 0.717) is 23.1 Å². The summed E-state index contributed by atoms with van der Waals surface area (Å²) >= 11 is 6.16. The van der Waals surface area contributed by atoms with Crippen molar-refractivity contribution in [2.45, 2.75) is 18.8 Å². The van der Waals surface area contributed by atoms with Crippen molar-refractivity contribution in [3.05, 3.63) is 76.3 Å². The van der Waals surface area contributed by atoms with E-state index in [1.807, 2.05) is 48.5 Å². The molecule has 7 heteroatoms. The summed E-state index contributed by atoms with van der Waals surface area (Å²) in [5.41, 5.74) is 2.58. The first-order valence-corrected chi connectivity index (χ1v) is 9.35. The van der Waals surface area contributed by atoms with Crippen molar-refractivity contribution in [3.63, 3.8) is 0 Å².